The van der Waals surface area contributed by atoms with E-state index < -0.39 is 36.3 Å². The molecule has 0 atom stereocenters. The van der Waals surface area contributed by atoms with Crippen molar-refractivity contribution in [1.82, 2.24) is 15.2 Å². The van der Waals surface area contributed by atoms with Crippen LogP contribution in [0.5, 0.6) is 0 Å². The molecule has 1 fully saturated rings. The van der Waals surface area contributed by atoms with Gasteiger partial charge in [0, 0.05) is 18.7 Å². The number of amides is 3. The molecule has 0 aliphatic carbocycles. The fraction of sp³-hybridized carbons (Fsp3) is 0.294. The van der Waals surface area contributed by atoms with Gasteiger partial charge in [0.2, 0.25) is 0 Å². The summed E-state index contributed by atoms with van der Waals surface area (Å²) in [6.45, 7) is 1.49. The first-order valence-corrected chi connectivity index (χ1v) is 8.89. The zero-order valence-corrected chi connectivity index (χ0v) is 15.3. The van der Waals surface area contributed by atoms with Gasteiger partial charge in [0.25, 0.3) is 5.91 Å². The minimum Gasteiger partial charge on any atom is -0.451 e. The molecule has 1 aromatic carbocycles. The Morgan fingerprint density at radius 3 is 2.54 bits per heavy atom. The monoisotopic (exact) mass is 413 g/mol. The molecule has 11 heteroatoms. The highest BCUT2D eigenvalue weighted by Gasteiger charge is 2.30. The van der Waals surface area contributed by atoms with Crippen molar-refractivity contribution >= 4 is 29.2 Å². The second kappa shape index (κ2) is 7.58. The van der Waals surface area contributed by atoms with Crippen molar-refractivity contribution in [2.24, 2.45) is 0 Å². The molecule has 2 aromatic rings. The number of nitrogens with one attached hydrogen (secondary N) is 1. The minimum absolute atomic E-state index is 0.133. The van der Waals surface area contributed by atoms with Crippen molar-refractivity contribution in [3.8, 4) is 10.6 Å². The van der Waals surface area contributed by atoms with E-state index in [4.69, 9.17) is 4.74 Å². The number of esters is 1. The molecule has 0 radical (unpaired) electrons. The Morgan fingerprint density at radius 1 is 1.29 bits per heavy atom. The Hall–Kier alpha value is -2.95. The third-order valence-electron chi connectivity index (χ3n) is 3.93. The zero-order chi connectivity index (χ0) is 20.5. The largest absolute Gasteiger partial charge is 0.451 e. The molecule has 148 valence electrons. The number of hydrogen-bond acceptors (Lipinski definition) is 6. The molecule has 1 aromatic heterocycles. The van der Waals surface area contributed by atoms with Gasteiger partial charge in [-0.05, 0) is 19.1 Å². The summed E-state index contributed by atoms with van der Waals surface area (Å²) in [4.78, 5) is 40.8. The van der Waals surface area contributed by atoms with E-state index in [-0.39, 0.29) is 11.4 Å². The summed E-state index contributed by atoms with van der Waals surface area (Å²) in [5, 5.41) is 2.81. The summed E-state index contributed by atoms with van der Waals surface area (Å²) in [7, 11) is 0. The van der Waals surface area contributed by atoms with E-state index in [2.05, 4.69) is 10.3 Å². The maximum Gasteiger partial charge on any atom is 0.416 e. The first-order valence-electron chi connectivity index (χ1n) is 8.07. The fourth-order valence-corrected chi connectivity index (χ4v) is 3.46. The number of carbonyl (C=O) groups excluding carboxylic acids is 3. The Balaban J connectivity index is 1.68. The van der Waals surface area contributed by atoms with Gasteiger partial charge in [-0.25, -0.2) is 14.6 Å². The summed E-state index contributed by atoms with van der Waals surface area (Å²) in [5.74, 6) is -1.44. The standard InChI is InChI=1S/C17H14F3N3O4S/c1-9-13(15(25)27-8-12(24)23-7-6-21-16(23)26)28-14(22-9)10-2-4-11(5-3-10)17(18,19)20/h2-5H,6-8H2,1H3,(H,21,26). The molecule has 3 amide bonds. The molecular weight excluding hydrogens is 399 g/mol. The van der Waals surface area contributed by atoms with Crippen LogP contribution in [-0.4, -0.2) is 47.5 Å². The number of carbonyl (C=O) groups is 3. The van der Waals surface area contributed by atoms with Crippen LogP contribution in [0, 0.1) is 6.92 Å². The lowest BCUT2D eigenvalue weighted by Crippen LogP contribution is -2.37. The normalized spacial score (nSPS) is 14.1. The quantitative estimate of drug-likeness (QED) is 0.779. The lowest BCUT2D eigenvalue weighted by Gasteiger charge is -2.11. The smallest absolute Gasteiger partial charge is 0.416 e. The maximum atomic E-state index is 12.7. The molecule has 0 saturated carbocycles. The van der Waals surface area contributed by atoms with Gasteiger partial charge in [0.15, 0.2) is 6.61 Å². The number of imide groups is 1. The van der Waals surface area contributed by atoms with Crippen molar-refractivity contribution < 1.29 is 32.3 Å². The molecule has 28 heavy (non-hydrogen) atoms. The second-order valence-electron chi connectivity index (χ2n) is 5.86. The van der Waals surface area contributed by atoms with Crippen LogP contribution in [0.1, 0.15) is 20.9 Å². The average molecular weight is 413 g/mol. The molecule has 3 rings (SSSR count). The highest BCUT2D eigenvalue weighted by atomic mass is 32.1. The third-order valence-corrected chi connectivity index (χ3v) is 5.11. The molecule has 7 nitrogen and oxygen atoms in total. The van der Waals surface area contributed by atoms with E-state index in [0.717, 1.165) is 28.4 Å². The van der Waals surface area contributed by atoms with E-state index >= 15 is 0 Å². The highest BCUT2D eigenvalue weighted by Crippen LogP contribution is 2.33. The Morgan fingerprint density at radius 2 is 1.96 bits per heavy atom. The fourth-order valence-electron chi connectivity index (χ4n) is 2.49. The number of hydrogen-bond donors (Lipinski definition) is 1. The maximum absolute atomic E-state index is 12.7. The predicted molar refractivity (Wildman–Crippen MR) is 92.7 cm³/mol. The number of aromatic nitrogens is 1. The predicted octanol–water partition coefficient (Wildman–Crippen LogP) is 2.85. The molecule has 2 heterocycles. The van der Waals surface area contributed by atoms with Crippen molar-refractivity contribution in [3.63, 3.8) is 0 Å². The van der Waals surface area contributed by atoms with E-state index in [1.807, 2.05) is 0 Å². The first kappa shape index (κ1) is 19.8. The third kappa shape index (κ3) is 4.14. The molecule has 1 aliphatic rings. The van der Waals surface area contributed by atoms with E-state index in [0.29, 0.717) is 22.8 Å². The summed E-state index contributed by atoms with van der Waals surface area (Å²) < 4.78 is 42.9. The highest BCUT2D eigenvalue weighted by molar-refractivity contribution is 7.17. The van der Waals surface area contributed by atoms with Crippen LogP contribution in [0.25, 0.3) is 10.6 Å². The molecule has 0 bridgehead atoms. The van der Waals surface area contributed by atoms with Gasteiger partial charge < -0.3 is 10.1 Å². The number of thiazole rings is 1. The summed E-state index contributed by atoms with van der Waals surface area (Å²) in [6.07, 6.45) is -4.44. The number of benzene rings is 1. The van der Waals surface area contributed by atoms with Crippen LogP contribution in [0.4, 0.5) is 18.0 Å². The molecule has 1 N–H and O–H groups in total. The molecule has 0 unspecified atom stereocenters. The second-order valence-corrected chi connectivity index (χ2v) is 6.86. The lowest BCUT2D eigenvalue weighted by atomic mass is 10.1. The van der Waals surface area contributed by atoms with Crippen molar-refractivity contribution in [3.05, 3.63) is 40.4 Å². The van der Waals surface area contributed by atoms with Gasteiger partial charge in [0.05, 0.1) is 11.3 Å². The van der Waals surface area contributed by atoms with Gasteiger partial charge in [-0.15, -0.1) is 11.3 Å². The molecule has 1 saturated heterocycles. The van der Waals surface area contributed by atoms with E-state index in [1.165, 1.54) is 12.1 Å². The van der Waals surface area contributed by atoms with Gasteiger partial charge in [-0.3, -0.25) is 9.69 Å². The van der Waals surface area contributed by atoms with E-state index in [9.17, 15) is 27.6 Å². The summed E-state index contributed by atoms with van der Waals surface area (Å²) >= 11 is 0.947. The van der Waals surface area contributed by atoms with Gasteiger partial charge in [-0.1, -0.05) is 12.1 Å². The van der Waals surface area contributed by atoms with Crippen LogP contribution in [0.2, 0.25) is 0 Å². The van der Waals surface area contributed by atoms with Crippen LogP contribution < -0.4 is 5.32 Å². The van der Waals surface area contributed by atoms with Crippen molar-refractivity contribution in [2.45, 2.75) is 13.1 Å². The summed E-state index contributed by atoms with van der Waals surface area (Å²) in [5.41, 5.74) is -0.0325. The number of alkyl halides is 3. The van der Waals surface area contributed by atoms with Crippen LogP contribution >= 0.6 is 11.3 Å². The Bertz CT molecular complexity index is 925. The number of halogens is 3. The number of rotatable bonds is 4. The number of ether oxygens (including phenoxy) is 1. The SMILES string of the molecule is Cc1nc(-c2ccc(C(F)(F)F)cc2)sc1C(=O)OCC(=O)N1CCNC1=O. The first-order chi connectivity index (χ1) is 13.2. The topological polar surface area (TPSA) is 88.6 Å². The van der Waals surface area contributed by atoms with Gasteiger partial charge in [0.1, 0.15) is 9.88 Å². The van der Waals surface area contributed by atoms with Crippen LogP contribution in [0.15, 0.2) is 24.3 Å². The van der Waals surface area contributed by atoms with Gasteiger partial charge >= 0.3 is 18.2 Å². The number of urea groups is 1. The van der Waals surface area contributed by atoms with Crippen molar-refractivity contribution in [1.29, 1.82) is 0 Å². The van der Waals surface area contributed by atoms with Gasteiger partial charge in [-0.2, -0.15) is 13.2 Å². The average Bonchev–Trinajstić information content (AvgIpc) is 3.24. The summed E-state index contributed by atoms with van der Waals surface area (Å²) in [6, 6.07) is 3.87. The minimum atomic E-state index is -4.44. The Labute approximate surface area is 161 Å². The van der Waals surface area contributed by atoms with Crippen LogP contribution in [-0.2, 0) is 15.7 Å². The van der Waals surface area contributed by atoms with E-state index in [1.54, 1.807) is 6.92 Å². The zero-order valence-electron chi connectivity index (χ0n) is 14.5. The van der Waals surface area contributed by atoms with Crippen molar-refractivity contribution in [2.75, 3.05) is 19.7 Å². The Kier molecular flexibility index (Phi) is 5.36. The van der Waals surface area contributed by atoms with Crippen LogP contribution in [0.3, 0.4) is 0 Å². The number of nitrogens with zero attached hydrogens (tertiary/aromatic N) is 2. The lowest BCUT2D eigenvalue weighted by molar-refractivity contribution is -0.137. The molecule has 0 spiro atoms. The molecular formula is C17H14F3N3O4S. The number of aryl methyl sites for hydroxylation is 1. The molecule has 1 aliphatic heterocycles.